The zero-order valence-electron chi connectivity index (χ0n) is 8.88. The number of halogens is 2. The molecule has 7 heteroatoms. The minimum Gasteiger partial charge on any atom is -0.338 e. The van der Waals surface area contributed by atoms with Crippen molar-refractivity contribution >= 4 is 44.3 Å². The number of carbonyl (C=O) groups excluding carboxylic acids is 1. The predicted molar refractivity (Wildman–Crippen MR) is 67.3 cm³/mol. The number of benzene rings is 1. The average molecular weight is 274 g/mol. The van der Waals surface area contributed by atoms with E-state index in [2.05, 4.69) is 15.6 Å². The van der Waals surface area contributed by atoms with Gasteiger partial charge in [0.1, 0.15) is 5.82 Å². The molecule has 0 aliphatic heterocycles. The van der Waals surface area contributed by atoms with Gasteiger partial charge < -0.3 is 5.32 Å². The van der Waals surface area contributed by atoms with Crippen LogP contribution in [0.1, 0.15) is 6.92 Å². The van der Waals surface area contributed by atoms with Gasteiger partial charge in [0, 0.05) is 6.54 Å². The first-order chi connectivity index (χ1) is 8.10. The van der Waals surface area contributed by atoms with Gasteiger partial charge in [0.25, 0.3) is 0 Å². The number of hydrogen-bond donors (Lipinski definition) is 2. The minimum atomic E-state index is -0.493. The van der Waals surface area contributed by atoms with Crippen molar-refractivity contribution in [2.75, 3.05) is 11.9 Å². The summed E-state index contributed by atoms with van der Waals surface area (Å²) in [5.74, 6) is -0.493. The molecule has 0 aliphatic carbocycles. The lowest BCUT2D eigenvalue weighted by Gasteiger charge is -2.00. The summed E-state index contributed by atoms with van der Waals surface area (Å²) in [5.41, 5.74) is 0.563. The Morgan fingerprint density at radius 3 is 3.06 bits per heavy atom. The van der Waals surface area contributed by atoms with E-state index < -0.39 is 5.82 Å². The van der Waals surface area contributed by atoms with Crippen LogP contribution in [0, 0.1) is 5.82 Å². The molecule has 0 atom stereocenters. The van der Waals surface area contributed by atoms with Crippen LogP contribution in [-0.2, 0) is 0 Å². The number of aromatic nitrogens is 1. The number of hydrogen-bond acceptors (Lipinski definition) is 3. The van der Waals surface area contributed by atoms with Crippen molar-refractivity contribution in [1.29, 1.82) is 0 Å². The number of anilines is 1. The van der Waals surface area contributed by atoms with Gasteiger partial charge in [-0.05, 0) is 19.1 Å². The van der Waals surface area contributed by atoms with E-state index in [0.717, 1.165) is 0 Å². The number of carbonyl (C=O) groups is 1. The molecule has 2 N–H and O–H groups in total. The smallest absolute Gasteiger partial charge is 0.321 e. The second-order valence-corrected chi connectivity index (χ2v) is 4.68. The normalized spacial score (nSPS) is 10.5. The number of rotatable bonds is 2. The van der Waals surface area contributed by atoms with Crippen LogP contribution in [0.5, 0.6) is 0 Å². The van der Waals surface area contributed by atoms with E-state index in [1.165, 1.54) is 23.5 Å². The standard InChI is InChI=1S/C10H9ClFN3OS/c1-2-13-9(16)15-10-14-7-3-5(11)6(12)4-8(7)17-10/h3-4H,2H2,1H3,(H2,13,14,15,16). The van der Waals surface area contributed by atoms with E-state index in [0.29, 0.717) is 21.9 Å². The summed E-state index contributed by atoms with van der Waals surface area (Å²) in [6, 6.07) is 2.40. The number of urea groups is 1. The summed E-state index contributed by atoms with van der Waals surface area (Å²) in [6.45, 7) is 2.34. The van der Waals surface area contributed by atoms with Crippen LogP contribution in [0.15, 0.2) is 12.1 Å². The van der Waals surface area contributed by atoms with Crippen LogP contribution < -0.4 is 10.6 Å². The van der Waals surface area contributed by atoms with Crippen molar-refractivity contribution < 1.29 is 9.18 Å². The van der Waals surface area contributed by atoms with Crippen LogP contribution in [0.25, 0.3) is 10.2 Å². The van der Waals surface area contributed by atoms with Crippen LogP contribution >= 0.6 is 22.9 Å². The van der Waals surface area contributed by atoms with E-state index in [4.69, 9.17) is 11.6 Å². The number of nitrogens with one attached hydrogen (secondary N) is 2. The molecular weight excluding hydrogens is 265 g/mol. The Hall–Kier alpha value is -1.40. The maximum atomic E-state index is 13.2. The molecule has 1 aromatic heterocycles. The Kier molecular flexibility index (Phi) is 3.44. The summed E-state index contributed by atoms with van der Waals surface area (Å²) in [6.07, 6.45) is 0. The van der Waals surface area contributed by atoms with Crippen LogP contribution in [-0.4, -0.2) is 17.6 Å². The molecule has 2 amide bonds. The summed E-state index contributed by atoms with van der Waals surface area (Å²) >= 11 is 6.83. The van der Waals surface area contributed by atoms with Gasteiger partial charge in [0.15, 0.2) is 5.13 Å². The van der Waals surface area contributed by atoms with Gasteiger partial charge in [0.05, 0.1) is 15.2 Å². The molecule has 0 fully saturated rings. The zero-order chi connectivity index (χ0) is 12.4. The molecule has 0 saturated heterocycles. The maximum Gasteiger partial charge on any atom is 0.321 e. The third kappa shape index (κ3) is 2.65. The molecule has 1 aromatic carbocycles. The van der Waals surface area contributed by atoms with Gasteiger partial charge in [-0.25, -0.2) is 14.2 Å². The van der Waals surface area contributed by atoms with Crippen LogP contribution in [0.3, 0.4) is 0 Å². The van der Waals surface area contributed by atoms with Crippen molar-refractivity contribution in [1.82, 2.24) is 10.3 Å². The van der Waals surface area contributed by atoms with Gasteiger partial charge in [-0.1, -0.05) is 22.9 Å². The van der Waals surface area contributed by atoms with Crippen LogP contribution in [0.2, 0.25) is 5.02 Å². The van der Waals surface area contributed by atoms with Gasteiger partial charge in [-0.2, -0.15) is 0 Å². The third-order valence-corrected chi connectivity index (χ3v) is 3.21. The predicted octanol–water partition coefficient (Wildman–Crippen LogP) is 3.23. The molecule has 0 saturated carbocycles. The Labute approximate surface area is 106 Å². The second-order valence-electron chi connectivity index (χ2n) is 3.24. The largest absolute Gasteiger partial charge is 0.338 e. The fourth-order valence-electron chi connectivity index (χ4n) is 1.28. The number of fused-ring (bicyclic) bond motifs is 1. The lowest BCUT2D eigenvalue weighted by molar-refractivity contribution is 0.252. The molecule has 2 rings (SSSR count). The second kappa shape index (κ2) is 4.85. The van der Waals surface area contributed by atoms with Crippen molar-refractivity contribution in [2.45, 2.75) is 6.92 Å². The maximum absolute atomic E-state index is 13.2. The summed E-state index contributed by atoms with van der Waals surface area (Å²) in [4.78, 5) is 15.4. The number of amides is 2. The minimum absolute atomic E-state index is 0.0207. The van der Waals surface area contributed by atoms with Crippen molar-refractivity contribution in [2.24, 2.45) is 0 Å². The zero-order valence-corrected chi connectivity index (χ0v) is 10.5. The van der Waals surface area contributed by atoms with E-state index >= 15 is 0 Å². The molecular formula is C10H9ClFN3OS. The van der Waals surface area contributed by atoms with Crippen molar-refractivity contribution in [3.8, 4) is 0 Å². The van der Waals surface area contributed by atoms with E-state index in [-0.39, 0.29) is 11.1 Å². The Morgan fingerprint density at radius 2 is 2.35 bits per heavy atom. The molecule has 1 heterocycles. The molecule has 0 radical (unpaired) electrons. The highest BCUT2D eigenvalue weighted by atomic mass is 35.5. The van der Waals surface area contributed by atoms with Gasteiger partial charge >= 0.3 is 6.03 Å². The van der Waals surface area contributed by atoms with E-state index in [1.807, 2.05) is 6.92 Å². The lowest BCUT2D eigenvalue weighted by atomic mass is 10.3. The highest BCUT2D eigenvalue weighted by molar-refractivity contribution is 7.22. The number of nitrogens with zero attached hydrogens (tertiary/aromatic N) is 1. The fraction of sp³-hybridized carbons (Fsp3) is 0.200. The SMILES string of the molecule is CCNC(=O)Nc1nc2cc(Cl)c(F)cc2s1. The first-order valence-corrected chi connectivity index (χ1v) is 6.10. The van der Waals surface area contributed by atoms with Gasteiger partial charge in [-0.15, -0.1) is 0 Å². The first kappa shape index (κ1) is 12.1. The van der Waals surface area contributed by atoms with E-state index in [9.17, 15) is 9.18 Å². The topological polar surface area (TPSA) is 54.0 Å². The molecule has 90 valence electrons. The Morgan fingerprint density at radius 1 is 1.59 bits per heavy atom. The molecule has 2 aromatic rings. The first-order valence-electron chi connectivity index (χ1n) is 4.90. The third-order valence-electron chi connectivity index (χ3n) is 1.99. The molecule has 0 aliphatic rings. The summed E-state index contributed by atoms with van der Waals surface area (Å²) in [5, 5.41) is 5.57. The van der Waals surface area contributed by atoms with Gasteiger partial charge in [-0.3, -0.25) is 5.32 Å². The fourth-order valence-corrected chi connectivity index (χ4v) is 2.30. The Balaban J connectivity index is 2.29. The monoisotopic (exact) mass is 273 g/mol. The Bertz CT molecular complexity index is 533. The molecule has 0 bridgehead atoms. The summed E-state index contributed by atoms with van der Waals surface area (Å²) < 4.78 is 13.8. The summed E-state index contributed by atoms with van der Waals surface area (Å²) in [7, 11) is 0. The van der Waals surface area contributed by atoms with Crippen molar-refractivity contribution in [3.63, 3.8) is 0 Å². The highest BCUT2D eigenvalue weighted by Gasteiger charge is 2.09. The number of thiazole rings is 1. The average Bonchev–Trinajstić information content (AvgIpc) is 2.60. The quantitative estimate of drug-likeness (QED) is 0.883. The lowest BCUT2D eigenvalue weighted by Crippen LogP contribution is -2.28. The van der Waals surface area contributed by atoms with Gasteiger partial charge in [0.2, 0.25) is 0 Å². The van der Waals surface area contributed by atoms with Crippen LogP contribution in [0.4, 0.5) is 14.3 Å². The van der Waals surface area contributed by atoms with Crippen molar-refractivity contribution in [3.05, 3.63) is 23.0 Å². The molecule has 17 heavy (non-hydrogen) atoms. The molecule has 0 unspecified atom stereocenters. The molecule has 4 nitrogen and oxygen atoms in total. The molecule has 0 spiro atoms. The highest BCUT2D eigenvalue weighted by Crippen LogP contribution is 2.29. The van der Waals surface area contributed by atoms with E-state index in [1.54, 1.807) is 0 Å².